The van der Waals surface area contributed by atoms with Gasteiger partial charge in [-0.25, -0.2) is 4.68 Å². The molecule has 4 nitrogen and oxygen atoms in total. The van der Waals surface area contributed by atoms with E-state index < -0.39 is 0 Å². The third-order valence-corrected chi connectivity index (χ3v) is 2.99. The number of hydrogen-bond donors (Lipinski definition) is 1. The SMILES string of the molecule is CC(C)n1nc(-c2ccccc2)c(CCN)cc1=O. The van der Waals surface area contributed by atoms with Gasteiger partial charge in [-0.3, -0.25) is 4.79 Å². The van der Waals surface area contributed by atoms with Gasteiger partial charge in [-0.05, 0) is 32.4 Å². The van der Waals surface area contributed by atoms with E-state index in [1.54, 1.807) is 6.07 Å². The molecule has 0 radical (unpaired) electrons. The van der Waals surface area contributed by atoms with Crippen LogP contribution in [0.2, 0.25) is 0 Å². The van der Waals surface area contributed by atoms with Crippen molar-refractivity contribution in [3.8, 4) is 11.3 Å². The van der Waals surface area contributed by atoms with Crippen molar-refractivity contribution in [3.63, 3.8) is 0 Å². The summed E-state index contributed by atoms with van der Waals surface area (Å²) >= 11 is 0. The lowest BCUT2D eigenvalue weighted by Gasteiger charge is -2.14. The Morgan fingerprint density at radius 3 is 2.53 bits per heavy atom. The van der Waals surface area contributed by atoms with Crippen LogP contribution in [0.25, 0.3) is 11.3 Å². The highest BCUT2D eigenvalue weighted by Gasteiger charge is 2.11. The molecule has 2 N–H and O–H groups in total. The number of hydrogen-bond acceptors (Lipinski definition) is 3. The van der Waals surface area contributed by atoms with Gasteiger partial charge in [0.1, 0.15) is 0 Å². The first-order chi connectivity index (χ1) is 9.13. The predicted molar refractivity (Wildman–Crippen MR) is 77.1 cm³/mol. The molecule has 0 amide bonds. The molecule has 4 heteroatoms. The van der Waals surface area contributed by atoms with Gasteiger partial charge < -0.3 is 5.73 Å². The maximum Gasteiger partial charge on any atom is 0.267 e. The van der Waals surface area contributed by atoms with Crippen LogP contribution in [0.3, 0.4) is 0 Å². The fraction of sp³-hybridized carbons (Fsp3) is 0.333. The van der Waals surface area contributed by atoms with E-state index in [1.807, 2.05) is 44.2 Å². The lowest BCUT2D eigenvalue weighted by Crippen LogP contribution is -2.26. The average molecular weight is 257 g/mol. The molecule has 0 bridgehead atoms. The highest BCUT2D eigenvalue weighted by atomic mass is 16.1. The number of nitrogens with zero attached hydrogens (tertiary/aromatic N) is 2. The second-order valence-electron chi connectivity index (χ2n) is 4.80. The Hall–Kier alpha value is -1.94. The van der Waals surface area contributed by atoms with Crippen LogP contribution in [-0.4, -0.2) is 16.3 Å². The zero-order chi connectivity index (χ0) is 13.8. The Bertz CT molecular complexity index is 603. The van der Waals surface area contributed by atoms with Gasteiger partial charge in [0.15, 0.2) is 0 Å². The largest absolute Gasteiger partial charge is 0.330 e. The minimum absolute atomic E-state index is 0.0434. The molecule has 0 atom stereocenters. The van der Waals surface area contributed by atoms with Gasteiger partial charge in [0.25, 0.3) is 5.56 Å². The smallest absolute Gasteiger partial charge is 0.267 e. The quantitative estimate of drug-likeness (QED) is 0.911. The van der Waals surface area contributed by atoms with E-state index in [2.05, 4.69) is 5.10 Å². The molecule has 100 valence electrons. The van der Waals surface area contributed by atoms with Crippen molar-refractivity contribution >= 4 is 0 Å². The molecule has 0 fully saturated rings. The minimum Gasteiger partial charge on any atom is -0.330 e. The summed E-state index contributed by atoms with van der Waals surface area (Å²) in [6, 6.07) is 11.6. The molecule has 2 aromatic rings. The van der Waals surface area contributed by atoms with E-state index in [-0.39, 0.29) is 11.6 Å². The van der Waals surface area contributed by atoms with Gasteiger partial charge in [0, 0.05) is 11.6 Å². The fourth-order valence-electron chi connectivity index (χ4n) is 2.06. The van der Waals surface area contributed by atoms with E-state index in [4.69, 9.17) is 5.73 Å². The molecule has 19 heavy (non-hydrogen) atoms. The topological polar surface area (TPSA) is 60.9 Å². The molecule has 2 rings (SSSR count). The van der Waals surface area contributed by atoms with Crippen molar-refractivity contribution in [2.75, 3.05) is 6.54 Å². The first-order valence-electron chi connectivity index (χ1n) is 6.51. The number of aromatic nitrogens is 2. The third kappa shape index (κ3) is 2.90. The van der Waals surface area contributed by atoms with Crippen molar-refractivity contribution in [2.45, 2.75) is 26.3 Å². The molecule has 0 spiro atoms. The number of nitrogens with two attached hydrogens (primary N) is 1. The summed E-state index contributed by atoms with van der Waals surface area (Å²) in [6.07, 6.45) is 0.658. The summed E-state index contributed by atoms with van der Waals surface area (Å²) in [7, 11) is 0. The molecular weight excluding hydrogens is 238 g/mol. The number of rotatable bonds is 4. The Labute approximate surface area is 112 Å². The van der Waals surface area contributed by atoms with Crippen LogP contribution in [0.15, 0.2) is 41.2 Å². The van der Waals surface area contributed by atoms with E-state index in [0.29, 0.717) is 13.0 Å². The highest BCUT2D eigenvalue weighted by molar-refractivity contribution is 5.62. The molecule has 0 aliphatic rings. The predicted octanol–water partition coefficient (Wildman–Crippen LogP) is 1.99. The first-order valence-corrected chi connectivity index (χ1v) is 6.51. The second kappa shape index (κ2) is 5.80. The molecular formula is C15H19N3O. The maximum atomic E-state index is 12.0. The summed E-state index contributed by atoms with van der Waals surface area (Å²) < 4.78 is 1.52. The monoisotopic (exact) mass is 257 g/mol. The summed E-state index contributed by atoms with van der Waals surface area (Å²) in [6.45, 7) is 4.41. The van der Waals surface area contributed by atoms with Crippen molar-refractivity contribution in [2.24, 2.45) is 5.73 Å². The summed E-state index contributed by atoms with van der Waals surface area (Å²) in [4.78, 5) is 12.0. The van der Waals surface area contributed by atoms with Crippen LogP contribution in [0.4, 0.5) is 0 Å². The van der Waals surface area contributed by atoms with Crippen molar-refractivity contribution in [1.82, 2.24) is 9.78 Å². The lowest BCUT2D eigenvalue weighted by molar-refractivity contribution is 0.503. The molecule has 0 saturated carbocycles. The van der Waals surface area contributed by atoms with Crippen LogP contribution in [0.1, 0.15) is 25.5 Å². The third-order valence-electron chi connectivity index (χ3n) is 2.99. The van der Waals surface area contributed by atoms with Crippen LogP contribution in [-0.2, 0) is 6.42 Å². The normalized spacial score (nSPS) is 10.9. The van der Waals surface area contributed by atoms with Crippen molar-refractivity contribution in [1.29, 1.82) is 0 Å². The summed E-state index contributed by atoms with van der Waals surface area (Å²) in [5.74, 6) is 0. The average Bonchev–Trinajstić information content (AvgIpc) is 2.40. The Morgan fingerprint density at radius 2 is 1.95 bits per heavy atom. The van der Waals surface area contributed by atoms with Crippen molar-refractivity contribution in [3.05, 3.63) is 52.3 Å². The van der Waals surface area contributed by atoms with Gasteiger partial charge in [-0.15, -0.1) is 0 Å². The molecule has 0 aliphatic carbocycles. The minimum atomic E-state index is -0.0712. The van der Waals surface area contributed by atoms with E-state index in [1.165, 1.54) is 4.68 Å². The Morgan fingerprint density at radius 1 is 1.26 bits per heavy atom. The lowest BCUT2D eigenvalue weighted by atomic mass is 10.0. The highest BCUT2D eigenvalue weighted by Crippen LogP contribution is 2.20. The maximum absolute atomic E-state index is 12.0. The van der Waals surface area contributed by atoms with Crippen LogP contribution in [0.5, 0.6) is 0 Å². The van der Waals surface area contributed by atoms with E-state index >= 15 is 0 Å². The van der Waals surface area contributed by atoms with Crippen LogP contribution < -0.4 is 11.3 Å². The Balaban J connectivity index is 2.62. The molecule has 1 aromatic carbocycles. The second-order valence-corrected chi connectivity index (χ2v) is 4.80. The standard InChI is InChI=1S/C15H19N3O/c1-11(2)18-14(19)10-13(8-9-16)15(17-18)12-6-4-3-5-7-12/h3-7,10-11H,8-9,16H2,1-2H3. The molecule has 0 unspecified atom stereocenters. The number of benzene rings is 1. The molecule has 0 aliphatic heterocycles. The molecule has 1 heterocycles. The zero-order valence-electron chi connectivity index (χ0n) is 11.3. The Kier molecular flexibility index (Phi) is 4.12. The van der Waals surface area contributed by atoms with Gasteiger partial charge >= 0.3 is 0 Å². The van der Waals surface area contributed by atoms with Crippen LogP contribution in [0, 0.1) is 0 Å². The van der Waals surface area contributed by atoms with E-state index in [0.717, 1.165) is 16.8 Å². The molecule has 0 saturated heterocycles. The summed E-state index contributed by atoms with van der Waals surface area (Å²) in [5, 5.41) is 4.51. The van der Waals surface area contributed by atoms with Gasteiger partial charge in [0.05, 0.1) is 11.7 Å². The first kappa shape index (κ1) is 13.5. The van der Waals surface area contributed by atoms with Gasteiger partial charge in [-0.1, -0.05) is 30.3 Å². The zero-order valence-corrected chi connectivity index (χ0v) is 11.3. The fourth-order valence-corrected chi connectivity index (χ4v) is 2.06. The summed E-state index contributed by atoms with van der Waals surface area (Å²) in [5.41, 5.74) is 8.32. The van der Waals surface area contributed by atoms with E-state index in [9.17, 15) is 4.79 Å². The van der Waals surface area contributed by atoms with Gasteiger partial charge in [-0.2, -0.15) is 5.10 Å². The van der Waals surface area contributed by atoms with Gasteiger partial charge in [0.2, 0.25) is 0 Å². The molecule has 1 aromatic heterocycles. The van der Waals surface area contributed by atoms with Crippen molar-refractivity contribution < 1.29 is 0 Å². The van der Waals surface area contributed by atoms with Crippen LogP contribution >= 0.6 is 0 Å².